The second-order valence-corrected chi connectivity index (χ2v) is 6.79. The molecule has 0 bridgehead atoms. The standard InChI is InChI=1S/C21H22N4O3/c26-19-8-4-3-7-18(19)24-9-11-25(12-10-24)20(27)14-23-21(28)16-13-22-17-6-2-1-5-15(16)17/h1-8,13,22,26H,9-12,14H2,(H,23,28). The van der Waals surface area contributed by atoms with Gasteiger partial charge in [-0.3, -0.25) is 9.59 Å². The molecular weight excluding hydrogens is 356 g/mol. The van der Waals surface area contributed by atoms with Crippen molar-refractivity contribution in [3.63, 3.8) is 0 Å². The normalized spacial score (nSPS) is 14.3. The number of amides is 2. The molecule has 2 aromatic carbocycles. The first kappa shape index (κ1) is 17.9. The maximum absolute atomic E-state index is 12.5. The van der Waals surface area contributed by atoms with Crippen molar-refractivity contribution in [2.24, 2.45) is 0 Å². The molecule has 1 aliphatic rings. The number of carbonyl (C=O) groups is 2. The molecule has 1 fully saturated rings. The van der Waals surface area contributed by atoms with Crippen molar-refractivity contribution in [2.45, 2.75) is 0 Å². The van der Waals surface area contributed by atoms with Crippen molar-refractivity contribution in [1.82, 2.24) is 15.2 Å². The zero-order valence-corrected chi connectivity index (χ0v) is 15.4. The molecule has 1 saturated heterocycles. The Morgan fingerprint density at radius 1 is 1.00 bits per heavy atom. The Morgan fingerprint density at radius 3 is 2.50 bits per heavy atom. The quantitative estimate of drug-likeness (QED) is 0.647. The lowest BCUT2D eigenvalue weighted by atomic mass is 10.1. The molecule has 2 heterocycles. The number of nitrogens with one attached hydrogen (secondary N) is 2. The van der Waals surface area contributed by atoms with Gasteiger partial charge in [-0.05, 0) is 18.2 Å². The fraction of sp³-hybridized carbons (Fsp3) is 0.238. The number of rotatable bonds is 4. The third-order valence-corrected chi connectivity index (χ3v) is 5.09. The van der Waals surface area contributed by atoms with Gasteiger partial charge >= 0.3 is 0 Å². The summed E-state index contributed by atoms with van der Waals surface area (Å²) < 4.78 is 0. The Hall–Kier alpha value is -3.48. The van der Waals surface area contributed by atoms with Crippen LogP contribution in [0.2, 0.25) is 0 Å². The van der Waals surface area contributed by atoms with Crippen molar-refractivity contribution in [3.05, 3.63) is 60.3 Å². The number of piperazine rings is 1. The molecule has 7 nitrogen and oxygen atoms in total. The van der Waals surface area contributed by atoms with Crippen LogP contribution < -0.4 is 10.2 Å². The van der Waals surface area contributed by atoms with E-state index in [0.717, 1.165) is 16.6 Å². The maximum atomic E-state index is 12.5. The highest BCUT2D eigenvalue weighted by molar-refractivity contribution is 6.07. The van der Waals surface area contributed by atoms with Gasteiger partial charge in [0, 0.05) is 43.3 Å². The van der Waals surface area contributed by atoms with E-state index in [-0.39, 0.29) is 24.1 Å². The number of nitrogens with zero attached hydrogens (tertiary/aromatic N) is 2. The second-order valence-electron chi connectivity index (χ2n) is 6.79. The van der Waals surface area contributed by atoms with E-state index in [9.17, 15) is 14.7 Å². The Kier molecular flexibility index (Phi) is 4.89. The van der Waals surface area contributed by atoms with Crippen LogP contribution >= 0.6 is 0 Å². The van der Waals surface area contributed by atoms with Gasteiger partial charge in [-0.1, -0.05) is 30.3 Å². The number of phenols is 1. The number of H-pyrrole nitrogens is 1. The molecule has 7 heteroatoms. The third kappa shape index (κ3) is 3.51. The van der Waals surface area contributed by atoms with Crippen molar-refractivity contribution >= 4 is 28.4 Å². The van der Waals surface area contributed by atoms with E-state index in [4.69, 9.17) is 0 Å². The fourth-order valence-electron chi connectivity index (χ4n) is 3.55. The minimum atomic E-state index is -0.265. The van der Waals surface area contributed by atoms with Gasteiger partial charge in [-0.25, -0.2) is 0 Å². The number of hydrogen-bond donors (Lipinski definition) is 3. The summed E-state index contributed by atoms with van der Waals surface area (Å²) in [5.41, 5.74) is 2.20. The molecule has 0 radical (unpaired) electrons. The van der Waals surface area contributed by atoms with Gasteiger partial charge in [-0.15, -0.1) is 0 Å². The average molecular weight is 378 g/mol. The molecule has 4 rings (SSSR count). The number of anilines is 1. The van der Waals surface area contributed by atoms with Crippen molar-refractivity contribution in [1.29, 1.82) is 0 Å². The largest absolute Gasteiger partial charge is 0.506 e. The minimum absolute atomic E-state index is 0.0328. The summed E-state index contributed by atoms with van der Waals surface area (Å²) in [6.45, 7) is 2.35. The molecule has 0 saturated carbocycles. The summed E-state index contributed by atoms with van der Waals surface area (Å²) in [5.74, 6) is -0.128. The van der Waals surface area contributed by atoms with Crippen LogP contribution in [-0.2, 0) is 4.79 Å². The molecule has 2 amide bonds. The van der Waals surface area contributed by atoms with Gasteiger partial charge in [0.05, 0.1) is 17.8 Å². The van der Waals surface area contributed by atoms with Crippen molar-refractivity contribution in [3.8, 4) is 5.75 Å². The predicted octanol–water partition coefficient (Wildman–Crippen LogP) is 1.95. The number of benzene rings is 2. The zero-order valence-electron chi connectivity index (χ0n) is 15.4. The smallest absolute Gasteiger partial charge is 0.253 e. The Morgan fingerprint density at radius 2 is 1.71 bits per heavy atom. The van der Waals surface area contributed by atoms with Crippen LogP contribution in [0.4, 0.5) is 5.69 Å². The number of phenolic OH excluding ortho intramolecular Hbond substituents is 1. The number of aromatic hydroxyl groups is 1. The van der Waals surface area contributed by atoms with Gasteiger partial charge in [0.1, 0.15) is 5.75 Å². The maximum Gasteiger partial charge on any atom is 0.253 e. The Labute approximate surface area is 162 Å². The van der Waals surface area contributed by atoms with Crippen molar-refractivity contribution < 1.29 is 14.7 Å². The van der Waals surface area contributed by atoms with Crippen LogP contribution in [-0.4, -0.2) is 59.5 Å². The lowest BCUT2D eigenvalue weighted by Crippen LogP contribution is -2.51. The number of aromatic nitrogens is 1. The predicted molar refractivity (Wildman–Crippen MR) is 108 cm³/mol. The first-order valence-electron chi connectivity index (χ1n) is 9.28. The summed E-state index contributed by atoms with van der Waals surface area (Å²) in [4.78, 5) is 31.8. The molecule has 0 atom stereocenters. The summed E-state index contributed by atoms with van der Waals surface area (Å²) >= 11 is 0. The highest BCUT2D eigenvalue weighted by Crippen LogP contribution is 2.27. The Balaban J connectivity index is 1.31. The second kappa shape index (κ2) is 7.64. The van der Waals surface area contributed by atoms with E-state index in [1.165, 1.54) is 0 Å². The van der Waals surface area contributed by atoms with E-state index in [1.54, 1.807) is 23.2 Å². The number of para-hydroxylation sites is 3. The lowest BCUT2D eigenvalue weighted by molar-refractivity contribution is -0.130. The van der Waals surface area contributed by atoms with Crippen LogP contribution in [0, 0.1) is 0 Å². The molecular formula is C21H22N4O3. The highest BCUT2D eigenvalue weighted by Gasteiger charge is 2.23. The average Bonchev–Trinajstić information content (AvgIpc) is 3.16. The van der Waals surface area contributed by atoms with Crippen LogP contribution in [0.5, 0.6) is 5.75 Å². The summed E-state index contributed by atoms with van der Waals surface area (Å²) in [7, 11) is 0. The number of fused-ring (bicyclic) bond motifs is 1. The van der Waals surface area contributed by atoms with Gasteiger partial charge in [0.15, 0.2) is 0 Å². The SMILES string of the molecule is O=C(NCC(=O)N1CCN(c2ccccc2O)CC1)c1c[nH]c2ccccc12. The van der Waals surface area contributed by atoms with Gasteiger partial charge in [0.25, 0.3) is 5.91 Å². The summed E-state index contributed by atoms with van der Waals surface area (Å²) in [6.07, 6.45) is 1.66. The summed E-state index contributed by atoms with van der Waals surface area (Å²) in [6, 6.07) is 14.8. The van der Waals surface area contributed by atoms with Crippen LogP contribution in [0.1, 0.15) is 10.4 Å². The molecule has 0 spiro atoms. The summed E-state index contributed by atoms with van der Waals surface area (Å²) in [5, 5.41) is 13.5. The first-order chi connectivity index (χ1) is 13.6. The monoisotopic (exact) mass is 378 g/mol. The molecule has 0 unspecified atom stereocenters. The first-order valence-corrected chi connectivity index (χ1v) is 9.28. The van der Waals surface area contributed by atoms with Crippen LogP contribution in [0.15, 0.2) is 54.7 Å². The molecule has 1 aliphatic heterocycles. The van der Waals surface area contributed by atoms with Gasteiger partial charge in [0.2, 0.25) is 5.91 Å². The third-order valence-electron chi connectivity index (χ3n) is 5.09. The molecule has 1 aromatic heterocycles. The molecule has 28 heavy (non-hydrogen) atoms. The molecule has 0 aliphatic carbocycles. The number of aromatic amines is 1. The Bertz CT molecular complexity index is 1010. The highest BCUT2D eigenvalue weighted by atomic mass is 16.3. The van der Waals surface area contributed by atoms with Crippen molar-refractivity contribution in [2.75, 3.05) is 37.6 Å². The zero-order chi connectivity index (χ0) is 19.5. The number of carbonyl (C=O) groups excluding carboxylic acids is 2. The fourth-order valence-corrected chi connectivity index (χ4v) is 3.55. The number of hydrogen-bond acceptors (Lipinski definition) is 4. The lowest BCUT2D eigenvalue weighted by Gasteiger charge is -2.36. The molecule has 3 aromatic rings. The van der Waals surface area contributed by atoms with Gasteiger partial charge < -0.3 is 25.2 Å². The van der Waals surface area contributed by atoms with E-state index in [1.807, 2.05) is 36.4 Å². The van der Waals surface area contributed by atoms with E-state index < -0.39 is 0 Å². The van der Waals surface area contributed by atoms with Gasteiger partial charge in [-0.2, -0.15) is 0 Å². The minimum Gasteiger partial charge on any atom is -0.506 e. The topological polar surface area (TPSA) is 88.7 Å². The van der Waals surface area contributed by atoms with E-state index >= 15 is 0 Å². The van der Waals surface area contributed by atoms with Crippen LogP contribution in [0.3, 0.4) is 0 Å². The molecule has 3 N–H and O–H groups in total. The van der Waals surface area contributed by atoms with Crippen LogP contribution in [0.25, 0.3) is 10.9 Å². The van der Waals surface area contributed by atoms with E-state index in [2.05, 4.69) is 15.2 Å². The molecule has 144 valence electrons. The van der Waals surface area contributed by atoms with E-state index in [0.29, 0.717) is 31.7 Å².